The van der Waals surface area contributed by atoms with Gasteiger partial charge < -0.3 is 10.2 Å². The summed E-state index contributed by atoms with van der Waals surface area (Å²) in [5.74, 6) is 0.607. The number of aryl methyl sites for hydroxylation is 2. The van der Waals surface area contributed by atoms with Crippen molar-refractivity contribution in [2.24, 2.45) is 0 Å². The maximum absolute atomic E-state index is 12.5. The van der Waals surface area contributed by atoms with Crippen LogP contribution in [-0.2, 0) is 9.84 Å². The number of sulfone groups is 1. The maximum Gasteiger partial charge on any atom is 0.276 e. The first-order valence-corrected chi connectivity index (χ1v) is 10.8. The van der Waals surface area contributed by atoms with E-state index in [1.807, 2.05) is 43.9 Å². The van der Waals surface area contributed by atoms with Crippen molar-refractivity contribution in [2.45, 2.75) is 33.2 Å². The van der Waals surface area contributed by atoms with Crippen LogP contribution in [-0.4, -0.2) is 48.6 Å². The molecule has 0 bridgehead atoms. The van der Waals surface area contributed by atoms with Crippen LogP contribution in [0.15, 0.2) is 30.3 Å². The zero-order valence-corrected chi connectivity index (χ0v) is 16.6. The fourth-order valence-corrected chi connectivity index (χ4v) is 5.15. The molecule has 1 amide bonds. The molecule has 0 saturated carbocycles. The fraction of sp³-hybridized carbons (Fsp3) is 0.421. The van der Waals surface area contributed by atoms with Crippen LogP contribution in [0.2, 0.25) is 0 Å². The minimum atomic E-state index is -2.98. The van der Waals surface area contributed by atoms with E-state index in [0.717, 1.165) is 16.8 Å². The van der Waals surface area contributed by atoms with Gasteiger partial charge in [-0.2, -0.15) is 0 Å². The number of hydrogen-bond donors (Lipinski definition) is 1. The maximum atomic E-state index is 12.5. The summed E-state index contributed by atoms with van der Waals surface area (Å²) in [6.45, 7) is 6.45. The summed E-state index contributed by atoms with van der Waals surface area (Å²) in [6, 6.07) is 9.07. The van der Waals surface area contributed by atoms with E-state index in [1.54, 1.807) is 12.1 Å². The van der Waals surface area contributed by atoms with Gasteiger partial charge in [0.2, 0.25) is 0 Å². The number of carbonyl (C=O) groups excluding carboxylic acids is 1. The van der Waals surface area contributed by atoms with Crippen LogP contribution in [0, 0.1) is 13.8 Å². The van der Waals surface area contributed by atoms with E-state index in [-0.39, 0.29) is 29.1 Å². The van der Waals surface area contributed by atoms with Crippen LogP contribution < -0.4 is 10.2 Å². The van der Waals surface area contributed by atoms with Crippen molar-refractivity contribution in [3.05, 3.63) is 47.2 Å². The van der Waals surface area contributed by atoms with Crippen LogP contribution in [0.4, 0.5) is 11.5 Å². The van der Waals surface area contributed by atoms with Crippen molar-refractivity contribution >= 4 is 27.2 Å². The zero-order valence-electron chi connectivity index (χ0n) is 15.8. The Kier molecular flexibility index (Phi) is 5.46. The van der Waals surface area contributed by atoms with Gasteiger partial charge in [-0.3, -0.25) is 4.79 Å². The van der Waals surface area contributed by atoms with Crippen molar-refractivity contribution in [3.63, 3.8) is 0 Å². The normalized spacial score (nSPS) is 18.3. The molecule has 2 heterocycles. The molecule has 1 aromatic heterocycles. The van der Waals surface area contributed by atoms with Crippen molar-refractivity contribution in [1.29, 1.82) is 0 Å². The molecule has 0 aliphatic carbocycles. The second-order valence-electron chi connectivity index (χ2n) is 6.84. The van der Waals surface area contributed by atoms with Gasteiger partial charge in [-0.1, -0.05) is 18.2 Å². The molecule has 8 heteroatoms. The highest BCUT2D eigenvalue weighted by Crippen LogP contribution is 2.23. The second-order valence-corrected chi connectivity index (χ2v) is 9.07. The van der Waals surface area contributed by atoms with E-state index < -0.39 is 9.84 Å². The first kappa shape index (κ1) is 19.3. The van der Waals surface area contributed by atoms with Crippen LogP contribution >= 0.6 is 0 Å². The molecule has 3 rings (SSSR count). The molecule has 27 heavy (non-hydrogen) atoms. The predicted octanol–water partition coefficient (Wildman–Crippen LogP) is 2.36. The molecule has 1 unspecified atom stereocenters. The van der Waals surface area contributed by atoms with E-state index in [2.05, 4.69) is 15.5 Å². The number of aromatic nitrogens is 2. The number of amides is 1. The Balaban J connectivity index is 1.75. The summed E-state index contributed by atoms with van der Waals surface area (Å²) in [4.78, 5) is 14.4. The molecule has 1 fully saturated rings. The van der Waals surface area contributed by atoms with Crippen LogP contribution in [0.5, 0.6) is 0 Å². The van der Waals surface area contributed by atoms with Crippen LogP contribution in [0.1, 0.15) is 35.0 Å². The molecule has 1 atom stereocenters. The number of nitrogens with zero attached hydrogens (tertiary/aromatic N) is 3. The van der Waals surface area contributed by atoms with Crippen molar-refractivity contribution in [1.82, 2.24) is 10.2 Å². The first-order valence-electron chi connectivity index (χ1n) is 8.99. The Labute approximate surface area is 159 Å². The molecule has 0 spiro atoms. The monoisotopic (exact) mass is 388 g/mol. The summed E-state index contributed by atoms with van der Waals surface area (Å²) < 4.78 is 23.5. The Morgan fingerprint density at radius 3 is 2.41 bits per heavy atom. The minimum absolute atomic E-state index is 0.0939. The smallest absolute Gasteiger partial charge is 0.276 e. The Bertz CT molecular complexity index is 922. The van der Waals surface area contributed by atoms with E-state index in [1.165, 1.54) is 0 Å². The second kappa shape index (κ2) is 7.64. The predicted molar refractivity (Wildman–Crippen MR) is 106 cm³/mol. The molecule has 1 N–H and O–H groups in total. The lowest BCUT2D eigenvalue weighted by Gasteiger charge is -2.27. The van der Waals surface area contributed by atoms with Crippen LogP contribution in [0.3, 0.4) is 0 Å². The number of hydrogen-bond acceptors (Lipinski definition) is 6. The molecule has 7 nitrogen and oxygen atoms in total. The van der Waals surface area contributed by atoms with E-state index in [9.17, 15) is 13.2 Å². The summed E-state index contributed by atoms with van der Waals surface area (Å²) in [6.07, 6.45) is 0.590. The van der Waals surface area contributed by atoms with E-state index >= 15 is 0 Å². The summed E-state index contributed by atoms with van der Waals surface area (Å²) in [7, 11) is -2.98. The Morgan fingerprint density at radius 2 is 1.89 bits per heavy atom. The van der Waals surface area contributed by atoms with Gasteiger partial charge in [0, 0.05) is 18.3 Å². The average Bonchev–Trinajstić information content (AvgIpc) is 2.99. The van der Waals surface area contributed by atoms with Gasteiger partial charge in [-0.15, -0.1) is 10.2 Å². The number of benzene rings is 1. The van der Waals surface area contributed by atoms with Gasteiger partial charge >= 0.3 is 0 Å². The number of rotatable bonds is 5. The molecule has 144 valence electrons. The lowest BCUT2D eigenvalue weighted by molar-refractivity contribution is 0.102. The van der Waals surface area contributed by atoms with Crippen LogP contribution in [0.25, 0.3) is 0 Å². The van der Waals surface area contributed by atoms with E-state index in [0.29, 0.717) is 18.8 Å². The van der Waals surface area contributed by atoms with Gasteiger partial charge in [0.05, 0.1) is 11.5 Å². The summed E-state index contributed by atoms with van der Waals surface area (Å²) in [5.41, 5.74) is 2.95. The summed E-state index contributed by atoms with van der Waals surface area (Å²) >= 11 is 0. The molecule has 1 aliphatic rings. The third-order valence-electron chi connectivity index (χ3n) is 4.89. The average molecular weight is 388 g/mol. The van der Waals surface area contributed by atoms with Gasteiger partial charge in [0.15, 0.2) is 21.3 Å². The largest absolute Gasteiger partial charge is 0.351 e. The van der Waals surface area contributed by atoms with Gasteiger partial charge in [-0.05, 0) is 50.5 Å². The lowest BCUT2D eigenvalue weighted by Crippen LogP contribution is -2.37. The molecule has 0 radical (unpaired) electrons. The van der Waals surface area contributed by atoms with E-state index in [4.69, 9.17) is 0 Å². The molecule has 2 aromatic rings. The van der Waals surface area contributed by atoms with Crippen molar-refractivity contribution in [2.75, 3.05) is 28.3 Å². The number of nitrogens with one attached hydrogen (secondary N) is 1. The first-order chi connectivity index (χ1) is 12.8. The minimum Gasteiger partial charge on any atom is -0.351 e. The number of anilines is 2. The number of para-hydroxylation sites is 1. The standard InChI is InChI=1S/C19H24N4O3S/c1-4-23(15-10-11-27(25,26)12-15)17-9-8-16(21-22-17)19(24)20-18-13(2)6-5-7-14(18)3/h5-9,15H,4,10-12H2,1-3H3,(H,20,24). The van der Waals surface area contributed by atoms with Crippen molar-refractivity contribution in [3.8, 4) is 0 Å². The SMILES string of the molecule is CCN(c1ccc(C(=O)Nc2c(C)cccc2C)nn1)C1CCS(=O)(=O)C1. The third-order valence-corrected chi connectivity index (χ3v) is 6.64. The highest BCUT2D eigenvalue weighted by molar-refractivity contribution is 7.91. The zero-order chi connectivity index (χ0) is 19.6. The van der Waals surface area contributed by atoms with Gasteiger partial charge in [-0.25, -0.2) is 8.42 Å². The molecule has 1 saturated heterocycles. The lowest BCUT2D eigenvalue weighted by atomic mass is 10.1. The summed E-state index contributed by atoms with van der Waals surface area (Å²) in [5, 5.41) is 11.1. The highest BCUT2D eigenvalue weighted by Gasteiger charge is 2.32. The molecular weight excluding hydrogens is 364 g/mol. The van der Waals surface area contributed by atoms with Gasteiger partial charge in [0.1, 0.15) is 0 Å². The quantitative estimate of drug-likeness (QED) is 0.845. The highest BCUT2D eigenvalue weighted by atomic mass is 32.2. The molecule has 1 aromatic carbocycles. The molecular formula is C19H24N4O3S. The van der Waals surface area contributed by atoms with Gasteiger partial charge in [0.25, 0.3) is 5.91 Å². The fourth-order valence-electron chi connectivity index (χ4n) is 3.42. The topological polar surface area (TPSA) is 92.3 Å². The Morgan fingerprint density at radius 1 is 1.19 bits per heavy atom. The number of carbonyl (C=O) groups is 1. The van der Waals surface area contributed by atoms with Crippen molar-refractivity contribution < 1.29 is 13.2 Å². The Hall–Kier alpha value is -2.48. The third kappa shape index (κ3) is 4.27. The molecule has 1 aliphatic heterocycles.